The average molecular weight is 263 g/mol. The Kier molecular flexibility index (Phi) is 4.01. The van der Waals surface area contributed by atoms with Gasteiger partial charge in [-0.05, 0) is 26.2 Å². The van der Waals surface area contributed by atoms with Crippen LogP contribution in [-0.4, -0.2) is 42.6 Å². The SMILES string of the molecule is CN(C)CCNC(=O)Cn1c(=O)oc2ccccc21. The third-order valence-electron chi connectivity index (χ3n) is 2.76. The summed E-state index contributed by atoms with van der Waals surface area (Å²) in [5.74, 6) is -0.709. The number of hydrogen-bond acceptors (Lipinski definition) is 4. The van der Waals surface area contributed by atoms with Gasteiger partial charge in [-0.15, -0.1) is 0 Å². The quantitative estimate of drug-likeness (QED) is 0.841. The van der Waals surface area contributed by atoms with Crippen molar-refractivity contribution in [3.05, 3.63) is 34.8 Å². The Labute approximate surface area is 110 Å². The normalized spacial score (nSPS) is 11.1. The van der Waals surface area contributed by atoms with Crippen LogP contribution in [0.25, 0.3) is 11.1 Å². The van der Waals surface area contributed by atoms with Crippen molar-refractivity contribution in [1.29, 1.82) is 0 Å². The number of hydrogen-bond donors (Lipinski definition) is 1. The van der Waals surface area contributed by atoms with Crippen molar-refractivity contribution in [3.63, 3.8) is 0 Å². The lowest BCUT2D eigenvalue weighted by atomic mass is 10.3. The van der Waals surface area contributed by atoms with E-state index in [1.807, 2.05) is 19.0 Å². The van der Waals surface area contributed by atoms with E-state index in [4.69, 9.17) is 4.42 Å². The fourth-order valence-corrected chi connectivity index (χ4v) is 1.78. The number of nitrogens with zero attached hydrogens (tertiary/aromatic N) is 2. The van der Waals surface area contributed by atoms with Crippen molar-refractivity contribution in [2.75, 3.05) is 27.2 Å². The Morgan fingerprint density at radius 3 is 2.84 bits per heavy atom. The second-order valence-corrected chi connectivity index (χ2v) is 4.58. The third kappa shape index (κ3) is 3.23. The highest BCUT2D eigenvalue weighted by atomic mass is 16.4. The number of carbonyl (C=O) groups is 1. The number of amides is 1. The second kappa shape index (κ2) is 5.71. The Bertz CT molecular complexity index is 627. The number of carbonyl (C=O) groups excluding carboxylic acids is 1. The van der Waals surface area contributed by atoms with Crippen molar-refractivity contribution in [2.45, 2.75) is 6.54 Å². The minimum atomic E-state index is -0.510. The molecule has 1 N–H and O–H groups in total. The number of rotatable bonds is 5. The molecule has 1 amide bonds. The molecule has 0 spiro atoms. The maximum atomic E-state index is 11.8. The molecule has 1 aromatic heterocycles. The van der Waals surface area contributed by atoms with Gasteiger partial charge in [0.1, 0.15) is 6.54 Å². The number of oxazole rings is 1. The monoisotopic (exact) mass is 263 g/mol. The van der Waals surface area contributed by atoms with Crippen LogP contribution in [-0.2, 0) is 11.3 Å². The molecule has 1 heterocycles. The van der Waals surface area contributed by atoms with E-state index in [0.29, 0.717) is 17.6 Å². The summed E-state index contributed by atoms with van der Waals surface area (Å²) < 4.78 is 6.40. The van der Waals surface area contributed by atoms with E-state index in [1.165, 1.54) is 4.57 Å². The number of aromatic nitrogens is 1. The zero-order chi connectivity index (χ0) is 13.8. The highest BCUT2D eigenvalue weighted by Gasteiger charge is 2.11. The summed E-state index contributed by atoms with van der Waals surface area (Å²) in [6.45, 7) is 1.28. The van der Waals surface area contributed by atoms with Crippen molar-refractivity contribution < 1.29 is 9.21 Å². The fourth-order valence-electron chi connectivity index (χ4n) is 1.78. The first-order valence-electron chi connectivity index (χ1n) is 6.08. The van der Waals surface area contributed by atoms with Crippen molar-refractivity contribution in [2.24, 2.45) is 0 Å². The maximum Gasteiger partial charge on any atom is 0.420 e. The van der Waals surface area contributed by atoms with E-state index in [0.717, 1.165) is 6.54 Å². The Morgan fingerprint density at radius 1 is 1.37 bits per heavy atom. The molecular weight excluding hydrogens is 246 g/mol. The first-order valence-corrected chi connectivity index (χ1v) is 6.08. The summed E-state index contributed by atoms with van der Waals surface area (Å²) in [6, 6.07) is 7.05. The molecule has 0 atom stereocenters. The average Bonchev–Trinajstić information content (AvgIpc) is 2.66. The van der Waals surface area contributed by atoms with Crippen molar-refractivity contribution in [3.8, 4) is 0 Å². The topological polar surface area (TPSA) is 67.5 Å². The van der Waals surface area contributed by atoms with Crippen LogP contribution in [0.15, 0.2) is 33.5 Å². The highest BCUT2D eigenvalue weighted by molar-refractivity contribution is 5.79. The second-order valence-electron chi connectivity index (χ2n) is 4.58. The van der Waals surface area contributed by atoms with E-state index in [1.54, 1.807) is 24.3 Å². The lowest BCUT2D eigenvalue weighted by molar-refractivity contribution is -0.121. The molecule has 19 heavy (non-hydrogen) atoms. The van der Waals surface area contributed by atoms with Gasteiger partial charge in [0, 0.05) is 13.1 Å². The largest absolute Gasteiger partial charge is 0.420 e. The molecule has 0 aliphatic rings. The highest BCUT2D eigenvalue weighted by Crippen LogP contribution is 2.11. The van der Waals surface area contributed by atoms with Crippen molar-refractivity contribution >= 4 is 17.0 Å². The molecule has 102 valence electrons. The zero-order valence-corrected chi connectivity index (χ0v) is 11.0. The van der Waals surface area contributed by atoms with Crippen LogP contribution in [0.2, 0.25) is 0 Å². The minimum Gasteiger partial charge on any atom is -0.408 e. The first-order chi connectivity index (χ1) is 9.08. The van der Waals surface area contributed by atoms with Crippen LogP contribution in [0.4, 0.5) is 0 Å². The smallest absolute Gasteiger partial charge is 0.408 e. The zero-order valence-electron chi connectivity index (χ0n) is 11.0. The Morgan fingerprint density at radius 2 is 2.11 bits per heavy atom. The summed E-state index contributed by atoms with van der Waals surface area (Å²) in [5.41, 5.74) is 1.13. The first kappa shape index (κ1) is 13.4. The molecule has 6 heteroatoms. The van der Waals surface area contributed by atoms with E-state index >= 15 is 0 Å². The number of likely N-dealkylation sites (N-methyl/N-ethyl adjacent to an activating group) is 1. The Balaban J connectivity index is 2.07. The molecule has 1 aromatic carbocycles. The number of para-hydroxylation sites is 2. The summed E-state index contributed by atoms with van der Waals surface area (Å²) >= 11 is 0. The molecule has 0 unspecified atom stereocenters. The van der Waals surface area contributed by atoms with E-state index < -0.39 is 5.76 Å². The maximum absolute atomic E-state index is 11.8. The van der Waals surface area contributed by atoms with Crippen molar-refractivity contribution in [1.82, 2.24) is 14.8 Å². The fraction of sp³-hybridized carbons (Fsp3) is 0.385. The number of benzene rings is 1. The molecule has 2 aromatic rings. The van der Waals surface area contributed by atoms with Crippen LogP contribution in [0, 0.1) is 0 Å². The standard InChI is InChI=1S/C13H17N3O3/c1-15(2)8-7-14-12(17)9-16-10-5-3-4-6-11(10)19-13(16)18/h3-6H,7-9H2,1-2H3,(H,14,17). The number of fused-ring (bicyclic) bond motifs is 1. The molecule has 2 rings (SSSR count). The van der Waals surface area contributed by atoms with Gasteiger partial charge in [0.15, 0.2) is 5.58 Å². The molecule has 0 aliphatic carbocycles. The van der Waals surface area contributed by atoms with Gasteiger partial charge in [-0.1, -0.05) is 12.1 Å². The molecular formula is C13H17N3O3. The van der Waals surface area contributed by atoms with Gasteiger partial charge in [0.05, 0.1) is 5.52 Å². The van der Waals surface area contributed by atoms with E-state index in [9.17, 15) is 9.59 Å². The van der Waals surface area contributed by atoms with Gasteiger partial charge >= 0.3 is 5.76 Å². The molecule has 0 bridgehead atoms. The molecule has 0 saturated heterocycles. The molecule has 0 saturated carbocycles. The number of nitrogens with one attached hydrogen (secondary N) is 1. The molecule has 0 radical (unpaired) electrons. The third-order valence-corrected chi connectivity index (χ3v) is 2.76. The van der Waals surface area contributed by atoms with Gasteiger partial charge in [0.2, 0.25) is 5.91 Å². The van der Waals surface area contributed by atoms with E-state index in [2.05, 4.69) is 5.32 Å². The van der Waals surface area contributed by atoms with Gasteiger partial charge in [-0.25, -0.2) is 4.79 Å². The van der Waals surface area contributed by atoms with Crippen LogP contribution < -0.4 is 11.1 Å². The van der Waals surface area contributed by atoms with Crippen LogP contribution in [0.1, 0.15) is 0 Å². The van der Waals surface area contributed by atoms with Gasteiger partial charge in [-0.2, -0.15) is 0 Å². The summed E-state index contributed by atoms with van der Waals surface area (Å²) in [5, 5.41) is 2.76. The van der Waals surface area contributed by atoms with Crippen LogP contribution in [0.3, 0.4) is 0 Å². The van der Waals surface area contributed by atoms with Gasteiger partial charge < -0.3 is 14.6 Å². The predicted molar refractivity (Wildman–Crippen MR) is 72.0 cm³/mol. The summed E-state index contributed by atoms with van der Waals surface area (Å²) in [6.07, 6.45) is 0. The summed E-state index contributed by atoms with van der Waals surface area (Å²) in [7, 11) is 3.86. The lowest BCUT2D eigenvalue weighted by Crippen LogP contribution is -2.35. The van der Waals surface area contributed by atoms with Crippen LogP contribution >= 0.6 is 0 Å². The molecule has 0 fully saturated rings. The minimum absolute atomic E-state index is 0.0245. The predicted octanol–water partition coefficient (Wildman–Crippen LogP) is 0.272. The van der Waals surface area contributed by atoms with E-state index in [-0.39, 0.29) is 12.5 Å². The summed E-state index contributed by atoms with van der Waals surface area (Å²) in [4.78, 5) is 25.4. The molecule has 0 aliphatic heterocycles. The van der Waals surface area contributed by atoms with Gasteiger partial charge in [0.25, 0.3) is 0 Å². The Hall–Kier alpha value is -2.08. The van der Waals surface area contributed by atoms with Crippen LogP contribution in [0.5, 0.6) is 0 Å². The molecule has 6 nitrogen and oxygen atoms in total. The lowest BCUT2D eigenvalue weighted by Gasteiger charge is -2.10. The van der Waals surface area contributed by atoms with Gasteiger partial charge in [-0.3, -0.25) is 9.36 Å².